The lowest BCUT2D eigenvalue weighted by molar-refractivity contribution is -0.132. The summed E-state index contributed by atoms with van der Waals surface area (Å²) < 4.78 is 2.23. The standard InChI is InChI=1S/C17H28N4O/c1-14-3-7-20(8-4-14)13-17(22)19(2)12-15-5-9-21-10-6-18-16(21)11-15/h6,10,14-15H,3-5,7-9,11-13H2,1-2H3/t15-/m0/s1. The highest BCUT2D eigenvalue weighted by atomic mass is 16.2. The summed E-state index contributed by atoms with van der Waals surface area (Å²) in [5.41, 5.74) is 0. The molecule has 0 spiro atoms. The van der Waals surface area contributed by atoms with Crippen molar-refractivity contribution in [3.05, 3.63) is 18.2 Å². The maximum Gasteiger partial charge on any atom is 0.236 e. The molecule has 1 aromatic rings. The minimum atomic E-state index is 0.267. The number of aromatic nitrogens is 2. The molecular weight excluding hydrogens is 276 g/mol. The van der Waals surface area contributed by atoms with Crippen molar-refractivity contribution in [3.63, 3.8) is 0 Å². The topological polar surface area (TPSA) is 41.4 Å². The van der Waals surface area contributed by atoms with E-state index in [2.05, 4.69) is 27.6 Å². The molecule has 122 valence electrons. The van der Waals surface area contributed by atoms with E-state index in [4.69, 9.17) is 0 Å². The number of nitrogens with zero attached hydrogens (tertiary/aromatic N) is 4. The minimum Gasteiger partial charge on any atom is -0.344 e. The summed E-state index contributed by atoms with van der Waals surface area (Å²) >= 11 is 0. The van der Waals surface area contributed by atoms with Gasteiger partial charge < -0.3 is 9.47 Å². The van der Waals surface area contributed by atoms with Crippen molar-refractivity contribution in [1.82, 2.24) is 19.4 Å². The number of hydrogen-bond acceptors (Lipinski definition) is 3. The molecule has 1 saturated heterocycles. The molecule has 3 heterocycles. The van der Waals surface area contributed by atoms with Crippen molar-refractivity contribution in [2.24, 2.45) is 11.8 Å². The number of carbonyl (C=O) groups excluding carboxylic acids is 1. The van der Waals surface area contributed by atoms with Crippen LogP contribution in [0.15, 0.2) is 12.4 Å². The zero-order chi connectivity index (χ0) is 15.5. The summed E-state index contributed by atoms with van der Waals surface area (Å²) in [6.45, 7) is 6.92. The van der Waals surface area contributed by atoms with Gasteiger partial charge in [-0.25, -0.2) is 4.98 Å². The Hall–Kier alpha value is -1.36. The van der Waals surface area contributed by atoms with E-state index < -0.39 is 0 Å². The van der Waals surface area contributed by atoms with Gasteiger partial charge in [-0.15, -0.1) is 0 Å². The molecule has 2 aliphatic heterocycles. The molecule has 1 amide bonds. The molecular formula is C17H28N4O. The summed E-state index contributed by atoms with van der Waals surface area (Å²) in [6, 6.07) is 0. The van der Waals surface area contributed by atoms with Crippen LogP contribution >= 0.6 is 0 Å². The van der Waals surface area contributed by atoms with E-state index in [-0.39, 0.29) is 5.91 Å². The second-order valence-corrected chi connectivity index (χ2v) is 7.13. The van der Waals surface area contributed by atoms with Crippen LogP contribution in [-0.2, 0) is 17.8 Å². The SMILES string of the molecule is CC1CCN(CC(=O)N(C)C[C@H]2CCn3ccnc3C2)CC1. The first kappa shape index (κ1) is 15.5. The number of piperidine rings is 1. The summed E-state index contributed by atoms with van der Waals surface area (Å²) in [6.07, 6.45) is 8.51. The van der Waals surface area contributed by atoms with Crippen LogP contribution in [0.4, 0.5) is 0 Å². The Kier molecular flexibility index (Phi) is 4.81. The number of likely N-dealkylation sites (N-methyl/N-ethyl adjacent to an activating group) is 1. The van der Waals surface area contributed by atoms with Crippen LogP contribution in [0.2, 0.25) is 0 Å². The Morgan fingerprint density at radius 3 is 2.86 bits per heavy atom. The number of amides is 1. The number of rotatable bonds is 4. The smallest absolute Gasteiger partial charge is 0.236 e. The number of hydrogen-bond donors (Lipinski definition) is 0. The Bertz CT molecular complexity index is 505. The molecule has 1 atom stereocenters. The molecule has 5 nitrogen and oxygen atoms in total. The van der Waals surface area contributed by atoms with E-state index >= 15 is 0 Å². The predicted molar refractivity (Wildman–Crippen MR) is 86.5 cm³/mol. The van der Waals surface area contributed by atoms with Crippen molar-refractivity contribution < 1.29 is 4.79 Å². The van der Waals surface area contributed by atoms with Gasteiger partial charge in [-0.1, -0.05) is 6.92 Å². The fourth-order valence-electron chi connectivity index (χ4n) is 3.59. The molecule has 1 fully saturated rings. The highest BCUT2D eigenvalue weighted by Gasteiger charge is 2.24. The predicted octanol–water partition coefficient (Wildman–Crippen LogP) is 1.64. The van der Waals surface area contributed by atoms with E-state index in [9.17, 15) is 4.79 Å². The maximum absolute atomic E-state index is 12.4. The Balaban J connectivity index is 1.45. The molecule has 0 radical (unpaired) electrons. The second kappa shape index (κ2) is 6.82. The fraction of sp³-hybridized carbons (Fsp3) is 0.765. The molecule has 22 heavy (non-hydrogen) atoms. The van der Waals surface area contributed by atoms with E-state index in [1.807, 2.05) is 18.1 Å². The van der Waals surface area contributed by atoms with Gasteiger partial charge in [0.25, 0.3) is 0 Å². The summed E-state index contributed by atoms with van der Waals surface area (Å²) in [4.78, 5) is 21.1. The van der Waals surface area contributed by atoms with Gasteiger partial charge in [-0.2, -0.15) is 0 Å². The van der Waals surface area contributed by atoms with Crippen molar-refractivity contribution in [1.29, 1.82) is 0 Å². The van der Waals surface area contributed by atoms with Crippen LogP contribution in [0, 0.1) is 11.8 Å². The zero-order valence-electron chi connectivity index (χ0n) is 13.9. The quantitative estimate of drug-likeness (QED) is 0.849. The Morgan fingerprint density at radius 2 is 2.09 bits per heavy atom. The van der Waals surface area contributed by atoms with E-state index in [1.165, 1.54) is 18.7 Å². The van der Waals surface area contributed by atoms with Crippen LogP contribution in [0.3, 0.4) is 0 Å². The van der Waals surface area contributed by atoms with Crippen LogP contribution < -0.4 is 0 Å². The minimum absolute atomic E-state index is 0.267. The largest absolute Gasteiger partial charge is 0.344 e. The van der Waals surface area contributed by atoms with Gasteiger partial charge in [-0.3, -0.25) is 9.69 Å². The number of imidazole rings is 1. The third kappa shape index (κ3) is 3.69. The Morgan fingerprint density at radius 1 is 1.32 bits per heavy atom. The van der Waals surface area contributed by atoms with Crippen molar-refractivity contribution in [2.75, 3.05) is 33.2 Å². The van der Waals surface area contributed by atoms with E-state index in [0.29, 0.717) is 12.5 Å². The third-order valence-electron chi connectivity index (χ3n) is 5.24. The molecule has 2 aliphatic rings. The van der Waals surface area contributed by atoms with Gasteiger partial charge >= 0.3 is 0 Å². The first-order valence-corrected chi connectivity index (χ1v) is 8.58. The van der Waals surface area contributed by atoms with Gasteiger partial charge in [0.05, 0.1) is 6.54 Å². The third-order valence-corrected chi connectivity index (χ3v) is 5.24. The Labute approximate surface area is 133 Å². The average Bonchev–Trinajstić information content (AvgIpc) is 2.97. The molecule has 0 aliphatic carbocycles. The lowest BCUT2D eigenvalue weighted by Crippen LogP contribution is -2.43. The highest BCUT2D eigenvalue weighted by Crippen LogP contribution is 2.20. The summed E-state index contributed by atoms with van der Waals surface area (Å²) in [7, 11) is 1.95. The molecule has 0 aromatic carbocycles. The van der Waals surface area contributed by atoms with Crippen LogP contribution in [0.25, 0.3) is 0 Å². The van der Waals surface area contributed by atoms with E-state index in [1.54, 1.807) is 0 Å². The number of likely N-dealkylation sites (tertiary alicyclic amines) is 1. The second-order valence-electron chi connectivity index (χ2n) is 7.13. The molecule has 5 heteroatoms. The number of carbonyl (C=O) groups is 1. The van der Waals surface area contributed by atoms with Gasteiger partial charge in [0.2, 0.25) is 5.91 Å². The van der Waals surface area contributed by atoms with Crippen molar-refractivity contribution >= 4 is 5.91 Å². The van der Waals surface area contributed by atoms with Gasteiger partial charge in [-0.05, 0) is 44.2 Å². The molecule has 1 aromatic heterocycles. The van der Waals surface area contributed by atoms with Crippen molar-refractivity contribution in [3.8, 4) is 0 Å². The van der Waals surface area contributed by atoms with Crippen LogP contribution in [0.1, 0.15) is 32.0 Å². The van der Waals surface area contributed by atoms with Gasteiger partial charge in [0.15, 0.2) is 0 Å². The van der Waals surface area contributed by atoms with E-state index in [0.717, 1.165) is 44.9 Å². The summed E-state index contributed by atoms with van der Waals surface area (Å²) in [5.74, 6) is 2.80. The monoisotopic (exact) mass is 304 g/mol. The zero-order valence-corrected chi connectivity index (χ0v) is 13.9. The number of fused-ring (bicyclic) bond motifs is 1. The molecule has 0 N–H and O–H groups in total. The van der Waals surface area contributed by atoms with Crippen LogP contribution in [-0.4, -0.2) is 58.5 Å². The van der Waals surface area contributed by atoms with Crippen molar-refractivity contribution in [2.45, 2.75) is 39.2 Å². The lowest BCUT2D eigenvalue weighted by atomic mass is 9.97. The lowest BCUT2D eigenvalue weighted by Gasteiger charge is -2.32. The normalized spacial score (nSPS) is 23.3. The first-order chi connectivity index (χ1) is 10.6. The molecule has 0 bridgehead atoms. The maximum atomic E-state index is 12.4. The molecule has 0 unspecified atom stereocenters. The van der Waals surface area contributed by atoms with Gasteiger partial charge in [0.1, 0.15) is 5.82 Å². The first-order valence-electron chi connectivity index (χ1n) is 8.58. The fourth-order valence-corrected chi connectivity index (χ4v) is 3.59. The summed E-state index contributed by atoms with van der Waals surface area (Å²) in [5, 5.41) is 0. The molecule has 3 rings (SSSR count). The van der Waals surface area contributed by atoms with Gasteiger partial charge in [0, 0.05) is 39.0 Å². The highest BCUT2D eigenvalue weighted by molar-refractivity contribution is 5.78. The average molecular weight is 304 g/mol. The number of aryl methyl sites for hydroxylation is 1. The molecule has 0 saturated carbocycles. The van der Waals surface area contributed by atoms with Crippen LogP contribution in [0.5, 0.6) is 0 Å².